The monoisotopic (exact) mass is 430 g/mol. The van der Waals surface area contributed by atoms with Gasteiger partial charge in [-0.3, -0.25) is 9.11 Å². The van der Waals surface area contributed by atoms with E-state index in [4.69, 9.17) is 17.5 Å². The average molecular weight is 432 g/mol. The molecule has 0 aromatic carbocycles. The Labute approximate surface area is 228 Å². The molecule has 0 radical (unpaired) electrons. The van der Waals surface area contributed by atoms with Gasteiger partial charge in [0, 0.05) is 0 Å². The summed E-state index contributed by atoms with van der Waals surface area (Å²) in [6, 6.07) is 0. The number of rotatable bonds is 0. The van der Waals surface area contributed by atoms with Crippen LogP contribution < -0.4 is 103 Å². The van der Waals surface area contributed by atoms with Crippen molar-refractivity contribution in [2.45, 2.75) is 0 Å². The zero-order chi connectivity index (χ0) is 4.50. The van der Waals surface area contributed by atoms with Crippen LogP contribution in [0.4, 0.5) is 0 Å². The van der Waals surface area contributed by atoms with Crippen molar-refractivity contribution in [1.82, 2.24) is 0 Å². The predicted octanol–water partition coefficient (Wildman–Crippen LogP) is -5.27. The maximum atomic E-state index is 8.74. The number of hydrogen-bond donors (Lipinski definition) is 2. The van der Waals surface area contributed by atoms with Crippen molar-refractivity contribution in [3.8, 4) is 0 Å². The van der Waals surface area contributed by atoms with Gasteiger partial charge in [-0.2, -0.15) is 8.42 Å². The summed E-state index contributed by atoms with van der Waals surface area (Å²) in [4.78, 5) is 0. The molecule has 0 amide bonds. The van der Waals surface area contributed by atoms with Gasteiger partial charge in [0.15, 0.2) is 0 Å². The van der Waals surface area contributed by atoms with E-state index in [-0.39, 0.29) is 206 Å². The molecule has 0 aliphatic heterocycles. The SMILES string of the molecule is Cl.Cl.I.O=S(=O)(O)O.[H-].[H-].[H-].[H-].[H-].[H-].[K+].[K+].[Mg+2].[Mg+2]. The van der Waals surface area contributed by atoms with Crippen LogP contribution in [0.1, 0.15) is 8.56 Å². The van der Waals surface area contributed by atoms with Gasteiger partial charge < -0.3 is 8.56 Å². The molecule has 0 saturated heterocycles. The Balaban J connectivity index is -0.00000000103. The van der Waals surface area contributed by atoms with Crippen molar-refractivity contribution < 1.29 is 129 Å². The molecule has 0 fully saturated rings. The fourth-order valence-electron chi connectivity index (χ4n) is 0. The second kappa shape index (κ2) is 30.2. The molecule has 0 heterocycles. The van der Waals surface area contributed by atoms with Gasteiger partial charge in [0.1, 0.15) is 0 Å². The largest absolute Gasteiger partial charge is 2.00 e. The van der Waals surface area contributed by atoms with Crippen LogP contribution in [0.15, 0.2) is 0 Å². The van der Waals surface area contributed by atoms with Gasteiger partial charge in [0.25, 0.3) is 0 Å². The molecule has 12 heteroatoms. The van der Waals surface area contributed by atoms with Crippen LogP contribution in [-0.4, -0.2) is 63.6 Å². The van der Waals surface area contributed by atoms with E-state index in [2.05, 4.69) is 0 Å². The second-order valence-corrected chi connectivity index (χ2v) is 1.34. The third-order valence-corrected chi connectivity index (χ3v) is 0. The first-order valence-electron chi connectivity index (χ1n) is 0.698. The first-order valence-corrected chi connectivity index (χ1v) is 2.10. The molecule has 0 aromatic rings. The third kappa shape index (κ3) is 100. The van der Waals surface area contributed by atoms with Gasteiger partial charge in [0.05, 0.1) is 0 Å². The van der Waals surface area contributed by atoms with E-state index < -0.39 is 10.4 Å². The topological polar surface area (TPSA) is 74.6 Å². The minimum Gasteiger partial charge on any atom is -1.00 e. The minimum atomic E-state index is -4.67. The molecule has 2 N–H and O–H groups in total. The van der Waals surface area contributed by atoms with Crippen molar-refractivity contribution in [3.05, 3.63) is 0 Å². The number of hydrogen-bond acceptors (Lipinski definition) is 2. The first kappa shape index (κ1) is 52.0. The third-order valence-electron chi connectivity index (χ3n) is 0. The van der Waals surface area contributed by atoms with E-state index in [0.29, 0.717) is 0 Å². The van der Waals surface area contributed by atoms with Gasteiger partial charge in [0.2, 0.25) is 0 Å². The zero-order valence-corrected chi connectivity index (χ0v) is 20.6. The van der Waals surface area contributed by atoms with Crippen LogP contribution in [0.5, 0.6) is 0 Å². The Kier molecular flexibility index (Phi) is 131. The molecule has 0 aromatic heterocycles. The Morgan fingerprint density at radius 3 is 0.917 bits per heavy atom. The van der Waals surface area contributed by atoms with Crippen molar-refractivity contribution in [1.29, 1.82) is 0 Å². The molecule has 0 atom stereocenters. The van der Waals surface area contributed by atoms with Gasteiger partial charge >= 0.3 is 159 Å². The van der Waals surface area contributed by atoms with Crippen LogP contribution in [0, 0.1) is 0 Å². The van der Waals surface area contributed by atoms with Gasteiger partial charge in [-0.1, -0.05) is 0 Å². The summed E-state index contributed by atoms with van der Waals surface area (Å²) < 4.78 is 31.6. The summed E-state index contributed by atoms with van der Waals surface area (Å²) in [5.41, 5.74) is 0. The van der Waals surface area contributed by atoms with E-state index in [1.165, 1.54) is 0 Å². The van der Waals surface area contributed by atoms with Crippen molar-refractivity contribution in [2.24, 2.45) is 0 Å². The smallest absolute Gasteiger partial charge is 1.00 e. The normalized spacial score (nSPS) is 4.83. The summed E-state index contributed by atoms with van der Waals surface area (Å²) in [7, 11) is -4.67. The van der Waals surface area contributed by atoms with Crippen molar-refractivity contribution in [2.75, 3.05) is 0 Å². The van der Waals surface area contributed by atoms with E-state index in [0.717, 1.165) is 0 Å². The first-order chi connectivity index (χ1) is 2.00. The van der Waals surface area contributed by atoms with E-state index >= 15 is 0 Å². The molecule has 0 aliphatic carbocycles. The van der Waals surface area contributed by atoms with Crippen LogP contribution in [0.25, 0.3) is 0 Å². The second-order valence-electron chi connectivity index (χ2n) is 0.448. The molecule has 0 saturated carbocycles. The fourth-order valence-corrected chi connectivity index (χ4v) is 0. The number of halogens is 3. The van der Waals surface area contributed by atoms with Crippen LogP contribution in [-0.2, 0) is 10.4 Å². The molecule has 4 nitrogen and oxygen atoms in total. The molecule has 0 bridgehead atoms. The predicted molar refractivity (Wildman–Crippen MR) is 62.3 cm³/mol. The molecule has 0 aliphatic rings. The van der Waals surface area contributed by atoms with E-state index in [1.807, 2.05) is 0 Å². The van der Waals surface area contributed by atoms with E-state index in [1.54, 1.807) is 0 Å². The summed E-state index contributed by atoms with van der Waals surface area (Å²) in [5, 5.41) is 0. The molecule has 12 heavy (non-hydrogen) atoms. The average Bonchev–Trinajstić information content (AvgIpc) is 0.722. The molecule has 0 spiro atoms. The van der Waals surface area contributed by atoms with Crippen LogP contribution in [0.3, 0.4) is 0 Å². The Bertz CT molecular complexity index is 129. The molecule has 0 rings (SSSR count). The summed E-state index contributed by atoms with van der Waals surface area (Å²) in [6.07, 6.45) is 0. The van der Waals surface area contributed by atoms with Crippen LogP contribution >= 0.6 is 48.8 Å². The van der Waals surface area contributed by atoms with Crippen LogP contribution in [0.2, 0.25) is 0 Å². The van der Waals surface area contributed by atoms with Crippen molar-refractivity contribution >= 4 is 105 Å². The zero-order valence-electron chi connectivity index (χ0n) is 12.8. The quantitative estimate of drug-likeness (QED) is 0.228. The summed E-state index contributed by atoms with van der Waals surface area (Å²) >= 11 is 0. The maximum absolute atomic E-state index is 8.74. The van der Waals surface area contributed by atoms with Crippen molar-refractivity contribution in [3.63, 3.8) is 0 Å². The van der Waals surface area contributed by atoms with Gasteiger partial charge in [-0.15, -0.1) is 48.8 Å². The summed E-state index contributed by atoms with van der Waals surface area (Å²) in [5.74, 6) is 0. The van der Waals surface area contributed by atoms with Gasteiger partial charge in [-0.05, 0) is 0 Å². The molecular formula is H11Cl2IK2Mg2O4S. The molecule has 0 unspecified atom stereocenters. The van der Waals surface area contributed by atoms with Gasteiger partial charge in [-0.25, -0.2) is 0 Å². The summed E-state index contributed by atoms with van der Waals surface area (Å²) in [6.45, 7) is 0. The Morgan fingerprint density at radius 1 is 0.917 bits per heavy atom. The fraction of sp³-hybridized carbons (Fsp3) is 0. The Hall–Kier alpha value is 5.99. The molecular weight excluding hydrogens is 421 g/mol. The standard InChI is InChI=1S/2ClH.HI.2K.2Mg.H2O4S.6H/c;;;;;;;1-5(2,3)4;;;;;;/h3*1H;;;;;(H2,1,2,3,4);;;;;;/q;;;2*+1;2*+2;;6*-1. The maximum Gasteiger partial charge on any atom is 2.00 e. The van der Waals surface area contributed by atoms with E-state index in [9.17, 15) is 0 Å². The molecule has 68 valence electrons. The minimum absolute atomic E-state index is 0. The Morgan fingerprint density at radius 2 is 0.917 bits per heavy atom.